The second-order valence-electron chi connectivity index (χ2n) is 5.52. The van der Waals surface area contributed by atoms with E-state index in [-0.39, 0.29) is 17.6 Å². The first-order valence-electron chi connectivity index (χ1n) is 7.60. The van der Waals surface area contributed by atoms with Gasteiger partial charge in [-0.2, -0.15) is 5.10 Å². The first kappa shape index (κ1) is 16.8. The van der Waals surface area contributed by atoms with Gasteiger partial charge in [0.15, 0.2) is 0 Å². The Morgan fingerprint density at radius 1 is 1.39 bits per heavy atom. The van der Waals surface area contributed by atoms with Gasteiger partial charge in [-0.25, -0.2) is 9.59 Å². The van der Waals surface area contributed by atoms with Crippen molar-refractivity contribution in [2.45, 2.75) is 18.9 Å². The maximum absolute atomic E-state index is 12.6. The van der Waals surface area contributed by atoms with Gasteiger partial charge < -0.3 is 14.9 Å². The molecule has 0 radical (unpaired) electrons. The van der Waals surface area contributed by atoms with Crippen LogP contribution < -0.4 is 0 Å². The molecule has 7 nitrogen and oxygen atoms in total. The fraction of sp³-hybridized carbons (Fsp3) is 0.438. The third kappa shape index (κ3) is 4.00. The number of aromatic carboxylic acids is 1. The molecule has 0 aromatic carbocycles. The normalized spacial score (nSPS) is 17.6. The van der Waals surface area contributed by atoms with Gasteiger partial charge in [-0.3, -0.25) is 4.68 Å². The maximum Gasteiger partial charge on any atom is 0.338 e. The van der Waals surface area contributed by atoms with Crippen LogP contribution >= 0.6 is 0 Å². The second-order valence-corrected chi connectivity index (χ2v) is 5.52. The zero-order valence-corrected chi connectivity index (χ0v) is 13.1. The number of carbonyl (C=O) groups is 2. The van der Waals surface area contributed by atoms with E-state index in [0.29, 0.717) is 26.2 Å². The first-order chi connectivity index (χ1) is 11.1. The minimum absolute atomic E-state index is 0.00453. The summed E-state index contributed by atoms with van der Waals surface area (Å²) in [6.45, 7) is 9.50. The molecule has 0 spiro atoms. The molecule has 1 aliphatic rings. The molecular weight excluding hydrogens is 296 g/mol. The molecule has 1 aliphatic heterocycles. The fourth-order valence-electron chi connectivity index (χ4n) is 2.73. The molecule has 1 fully saturated rings. The molecule has 1 atom stereocenters. The Hall–Kier alpha value is -2.57. The van der Waals surface area contributed by atoms with Crippen molar-refractivity contribution in [2.24, 2.45) is 0 Å². The molecule has 1 aromatic heterocycles. The highest BCUT2D eigenvalue weighted by atomic mass is 16.4. The Balaban J connectivity index is 2.06. The lowest BCUT2D eigenvalue weighted by molar-refractivity contribution is 0.0696. The molecule has 1 aromatic rings. The van der Waals surface area contributed by atoms with Crippen LogP contribution in [0.3, 0.4) is 0 Å². The van der Waals surface area contributed by atoms with E-state index < -0.39 is 5.97 Å². The van der Waals surface area contributed by atoms with E-state index in [0.717, 1.165) is 12.8 Å². The van der Waals surface area contributed by atoms with Gasteiger partial charge in [0.1, 0.15) is 0 Å². The summed E-state index contributed by atoms with van der Waals surface area (Å²) in [7, 11) is 0. The number of aromatic nitrogens is 2. The van der Waals surface area contributed by atoms with Crippen LogP contribution in [0.2, 0.25) is 0 Å². The smallest absolute Gasteiger partial charge is 0.338 e. The van der Waals surface area contributed by atoms with Gasteiger partial charge in [-0.1, -0.05) is 12.2 Å². The van der Waals surface area contributed by atoms with Crippen molar-refractivity contribution < 1.29 is 14.7 Å². The highest BCUT2D eigenvalue weighted by Crippen LogP contribution is 2.22. The van der Waals surface area contributed by atoms with Crippen molar-refractivity contribution in [3.63, 3.8) is 0 Å². The molecule has 1 unspecified atom stereocenters. The SMILES string of the molecule is C=CCN(CC=C)C(=O)N1CCCC(n2cc(C(=O)O)cn2)C1. The van der Waals surface area contributed by atoms with E-state index >= 15 is 0 Å². The lowest BCUT2D eigenvalue weighted by Crippen LogP contribution is -2.48. The van der Waals surface area contributed by atoms with Gasteiger partial charge in [0, 0.05) is 32.4 Å². The summed E-state index contributed by atoms with van der Waals surface area (Å²) in [6, 6.07) is -0.0600. The van der Waals surface area contributed by atoms with Crippen molar-refractivity contribution in [1.82, 2.24) is 19.6 Å². The number of urea groups is 1. The average Bonchev–Trinajstić information content (AvgIpc) is 3.04. The number of piperidine rings is 1. The summed E-state index contributed by atoms with van der Waals surface area (Å²) in [6.07, 6.45) is 7.96. The molecule has 2 heterocycles. The van der Waals surface area contributed by atoms with Gasteiger partial charge in [0.25, 0.3) is 0 Å². The minimum Gasteiger partial charge on any atom is -0.478 e. The molecule has 2 rings (SSSR count). The van der Waals surface area contributed by atoms with Crippen molar-refractivity contribution >= 4 is 12.0 Å². The maximum atomic E-state index is 12.6. The number of carboxylic acid groups (broad SMARTS) is 1. The van der Waals surface area contributed by atoms with E-state index in [2.05, 4.69) is 18.3 Å². The van der Waals surface area contributed by atoms with Gasteiger partial charge >= 0.3 is 12.0 Å². The fourth-order valence-corrected chi connectivity index (χ4v) is 2.73. The van der Waals surface area contributed by atoms with E-state index in [1.54, 1.807) is 26.6 Å². The Kier molecular flexibility index (Phi) is 5.56. The van der Waals surface area contributed by atoms with Crippen molar-refractivity contribution in [3.8, 4) is 0 Å². The number of likely N-dealkylation sites (tertiary alicyclic amines) is 1. The van der Waals surface area contributed by atoms with E-state index in [1.165, 1.54) is 12.4 Å². The van der Waals surface area contributed by atoms with Gasteiger partial charge in [0.05, 0.1) is 17.8 Å². The number of hydrogen-bond acceptors (Lipinski definition) is 3. The molecule has 7 heteroatoms. The Bertz CT molecular complexity index is 586. The van der Waals surface area contributed by atoms with Crippen LogP contribution in [0.1, 0.15) is 29.2 Å². The summed E-state index contributed by atoms with van der Waals surface area (Å²) in [4.78, 5) is 27.0. The van der Waals surface area contributed by atoms with E-state index in [4.69, 9.17) is 5.11 Å². The predicted molar refractivity (Wildman–Crippen MR) is 86.4 cm³/mol. The summed E-state index contributed by atoms with van der Waals surface area (Å²) in [5.74, 6) is -0.997. The lowest BCUT2D eigenvalue weighted by Gasteiger charge is -2.36. The molecule has 2 amide bonds. The topological polar surface area (TPSA) is 78.7 Å². The van der Waals surface area contributed by atoms with E-state index in [1.807, 2.05) is 0 Å². The second kappa shape index (κ2) is 7.62. The Labute approximate surface area is 135 Å². The quantitative estimate of drug-likeness (QED) is 0.814. The van der Waals surface area contributed by atoms with Crippen LogP contribution in [0, 0.1) is 0 Å². The summed E-state index contributed by atoms with van der Waals surface area (Å²) in [5.41, 5.74) is 0.161. The summed E-state index contributed by atoms with van der Waals surface area (Å²) in [5, 5.41) is 13.1. The highest BCUT2D eigenvalue weighted by Gasteiger charge is 2.28. The number of amides is 2. The third-order valence-corrected chi connectivity index (χ3v) is 3.86. The molecule has 124 valence electrons. The van der Waals surface area contributed by atoms with E-state index in [9.17, 15) is 9.59 Å². The molecule has 0 saturated carbocycles. The van der Waals surface area contributed by atoms with Crippen LogP contribution in [-0.4, -0.2) is 62.9 Å². The molecule has 1 saturated heterocycles. The Morgan fingerprint density at radius 2 is 2.09 bits per heavy atom. The Morgan fingerprint density at radius 3 is 2.65 bits per heavy atom. The first-order valence-corrected chi connectivity index (χ1v) is 7.60. The molecular formula is C16H22N4O3. The third-order valence-electron chi connectivity index (χ3n) is 3.86. The van der Waals surface area contributed by atoms with Crippen molar-refractivity contribution in [3.05, 3.63) is 43.3 Å². The van der Waals surface area contributed by atoms with Gasteiger partial charge in [0.2, 0.25) is 0 Å². The van der Waals surface area contributed by atoms with Crippen LogP contribution in [0.4, 0.5) is 4.79 Å². The zero-order valence-electron chi connectivity index (χ0n) is 13.1. The number of carboxylic acids is 1. The molecule has 23 heavy (non-hydrogen) atoms. The highest BCUT2D eigenvalue weighted by molar-refractivity contribution is 5.86. The average molecular weight is 318 g/mol. The van der Waals surface area contributed by atoms with Crippen molar-refractivity contribution in [2.75, 3.05) is 26.2 Å². The number of carbonyl (C=O) groups excluding carboxylic acids is 1. The van der Waals surface area contributed by atoms with Crippen LogP contribution in [0.5, 0.6) is 0 Å². The summed E-state index contributed by atoms with van der Waals surface area (Å²) >= 11 is 0. The zero-order chi connectivity index (χ0) is 16.8. The predicted octanol–water partition coefficient (Wildman–Crippen LogP) is 2.01. The van der Waals surface area contributed by atoms with Crippen LogP contribution in [0.25, 0.3) is 0 Å². The lowest BCUT2D eigenvalue weighted by atomic mass is 10.1. The number of nitrogens with zero attached hydrogens (tertiary/aromatic N) is 4. The largest absolute Gasteiger partial charge is 0.478 e. The minimum atomic E-state index is -0.997. The van der Waals surface area contributed by atoms with Crippen LogP contribution in [-0.2, 0) is 0 Å². The van der Waals surface area contributed by atoms with Crippen LogP contribution in [0.15, 0.2) is 37.7 Å². The molecule has 1 N–H and O–H groups in total. The molecule has 0 aliphatic carbocycles. The van der Waals surface area contributed by atoms with Gasteiger partial charge in [-0.05, 0) is 12.8 Å². The van der Waals surface area contributed by atoms with Gasteiger partial charge in [-0.15, -0.1) is 13.2 Å². The molecule has 0 bridgehead atoms. The van der Waals surface area contributed by atoms with Crippen molar-refractivity contribution in [1.29, 1.82) is 0 Å². The number of rotatable bonds is 6. The monoisotopic (exact) mass is 318 g/mol. The number of hydrogen-bond donors (Lipinski definition) is 1. The summed E-state index contributed by atoms with van der Waals surface area (Å²) < 4.78 is 1.65. The standard InChI is InChI=1S/C16H22N4O3/c1-3-7-18(8-4-2)16(23)19-9-5-6-14(12-19)20-11-13(10-17-20)15(21)22/h3-4,10-11,14H,1-2,5-9,12H2,(H,21,22).